The normalized spacial score (nSPS) is 11.0. The molecule has 1 aromatic carbocycles. The van der Waals surface area contributed by atoms with Crippen LogP contribution in [-0.4, -0.2) is 0 Å². The van der Waals surface area contributed by atoms with Crippen LogP contribution in [0.1, 0.15) is 37.8 Å². The zero-order valence-corrected chi connectivity index (χ0v) is 8.97. The molecular weight excluding hydrogens is 175 g/mol. The van der Waals surface area contributed by atoms with Crippen LogP contribution in [-0.2, 0) is 0 Å². The zero-order valence-electron chi connectivity index (χ0n) is 8.97. The average Bonchev–Trinajstić information content (AvgIpc) is 2.16. The Morgan fingerprint density at radius 1 is 1.43 bits per heavy atom. The van der Waals surface area contributed by atoms with E-state index in [1.54, 1.807) is 12.1 Å². The van der Waals surface area contributed by atoms with E-state index in [0.717, 1.165) is 11.5 Å². The summed E-state index contributed by atoms with van der Waals surface area (Å²) in [6, 6.07) is 5.51. The third-order valence-corrected chi connectivity index (χ3v) is 2.38. The summed E-state index contributed by atoms with van der Waals surface area (Å²) >= 11 is 0. The number of hydrogen-bond donors (Lipinski definition) is 0. The molecule has 0 nitrogen and oxygen atoms in total. The van der Waals surface area contributed by atoms with Crippen LogP contribution in [0.4, 0.5) is 4.39 Å². The maximum atomic E-state index is 13.9. The fourth-order valence-electron chi connectivity index (χ4n) is 1.41. The lowest BCUT2D eigenvalue weighted by atomic mass is 9.94. The molecule has 1 radical (unpaired) electrons. The van der Waals surface area contributed by atoms with Crippen molar-refractivity contribution in [1.29, 1.82) is 0 Å². The molecule has 0 aromatic heterocycles. The Balaban J connectivity index is 3.20. The van der Waals surface area contributed by atoms with E-state index in [1.807, 2.05) is 32.9 Å². The first-order chi connectivity index (χ1) is 6.57. The van der Waals surface area contributed by atoms with Crippen LogP contribution in [0, 0.1) is 11.7 Å². The van der Waals surface area contributed by atoms with Crippen LogP contribution in [0.25, 0.3) is 0 Å². The summed E-state index contributed by atoms with van der Waals surface area (Å²) in [5.74, 6) is 0.984. The van der Waals surface area contributed by atoms with Crippen molar-refractivity contribution >= 4 is 0 Å². The topological polar surface area (TPSA) is 0 Å². The van der Waals surface area contributed by atoms with E-state index >= 15 is 0 Å². The van der Waals surface area contributed by atoms with Gasteiger partial charge in [-0.25, -0.2) is 4.39 Å². The molecule has 0 aliphatic rings. The van der Waals surface area contributed by atoms with E-state index in [0.29, 0.717) is 5.56 Å². The highest BCUT2D eigenvalue weighted by molar-refractivity contribution is 5.40. The van der Waals surface area contributed by atoms with Crippen LogP contribution in [0.5, 0.6) is 0 Å². The third-order valence-electron chi connectivity index (χ3n) is 2.38. The minimum Gasteiger partial charge on any atom is -0.206 e. The molecule has 0 spiro atoms. The van der Waals surface area contributed by atoms with Crippen LogP contribution in [0.3, 0.4) is 0 Å². The van der Waals surface area contributed by atoms with Crippen LogP contribution >= 0.6 is 0 Å². The Labute approximate surface area is 85.5 Å². The molecule has 0 aliphatic carbocycles. The van der Waals surface area contributed by atoms with E-state index in [9.17, 15) is 4.39 Å². The Kier molecular flexibility index (Phi) is 3.45. The predicted molar refractivity (Wildman–Crippen MR) is 58.7 cm³/mol. The van der Waals surface area contributed by atoms with Crippen molar-refractivity contribution in [3.05, 3.63) is 53.7 Å². The van der Waals surface area contributed by atoms with Gasteiger partial charge < -0.3 is 0 Å². The minimum absolute atomic E-state index is 0.111. The van der Waals surface area contributed by atoms with Gasteiger partial charge in [0.15, 0.2) is 0 Å². The molecule has 0 fully saturated rings. The van der Waals surface area contributed by atoms with E-state index in [2.05, 4.69) is 6.58 Å². The van der Waals surface area contributed by atoms with E-state index in [-0.39, 0.29) is 11.7 Å². The third kappa shape index (κ3) is 2.03. The SMILES string of the molecule is C=C[C](C)c1cccc(C(C)C)c1F. The highest BCUT2D eigenvalue weighted by Crippen LogP contribution is 2.25. The molecule has 0 saturated carbocycles. The van der Waals surface area contributed by atoms with Gasteiger partial charge in [-0.05, 0) is 17.0 Å². The summed E-state index contributed by atoms with van der Waals surface area (Å²) in [6.45, 7) is 9.50. The number of hydrogen-bond acceptors (Lipinski definition) is 0. The molecule has 0 aliphatic heterocycles. The minimum atomic E-state index is -0.111. The summed E-state index contributed by atoms with van der Waals surface area (Å²) in [7, 11) is 0. The number of allylic oxidation sites excluding steroid dienone is 1. The number of rotatable bonds is 3. The molecular formula is C13H16F. The van der Waals surface area contributed by atoms with Gasteiger partial charge in [0.2, 0.25) is 0 Å². The second-order valence-corrected chi connectivity index (χ2v) is 3.75. The molecule has 0 amide bonds. The second kappa shape index (κ2) is 4.41. The van der Waals surface area contributed by atoms with Crippen molar-refractivity contribution in [3.8, 4) is 0 Å². The van der Waals surface area contributed by atoms with Crippen LogP contribution < -0.4 is 0 Å². The molecule has 1 heteroatoms. The van der Waals surface area contributed by atoms with Crippen molar-refractivity contribution in [1.82, 2.24) is 0 Å². The van der Waals surface area contributed by atoms with Gasteiger partial charge in [-0.2, -0.15) is 0 Å². The lowest BCUT2D eigenvalue weighted by molar-refractivity contribution is 0.589. The first-order valence-corrected chi connectivity index (χ1v) is 4.82. The van der Waals surface area contributed by atoms with E-state index in [1.165, 1.54) is 0 Å². The van der Waals surface area contributed by atoms with Crippen LogP contribution in [0.2, 0.25) is 0 Å². The molecule has 0 atom stereocenters. The maximum Gasteiger partial charge on any atom is 0.130 e. The Bertz CT molecular complexity index is 326. The quantitative estimate of drug-likeness (QED) is 0.675. The van der Waals surface area contributed by atoms with Gasteiger partial charge in [0.1, 0.15) is 5.82 Å². The second-order valence-electron chi connectivity index (χ2n) is 3.75. The van der Waals surface area contributed by atoms with Gasteiger partial charge in [0, 0.05) is 5.92 Å². The highest BCUT2D eigenvalue weighted by atomic mass is 19.1. The fourth-order valence-corrected chi connectivity index (χ4v) is 1.41. The lowest BCUT2D eigenvalue weighted by Gasteiger charge is -2.13. The summed E-state index contributed by atoms with van der Waals surface area (Å²) in [5, 5.41) is 0. The summed E-state index contributed by atoms with van der Waals surface area (Å²) < 4.78 is 13.9. The van der Waals surface area contributed by atoms with Crippen molar-refractivity contribution in [2.24, 2.45) is 0 Å². The molecule has 0 saturated heterocycles. The Hall–Kier alpha value is -1.11. The van der Waals surface area contributed by atoms with Gasteiger partial charge in [-0.15, -0.1) is 6.58 Å². The highest BCUT2D eigenvalue weighted by Gasteiger charge is 2.13. The average molecular weight is 191 g/mol. The van der Waals surface area contributed by atoms with Gasteiger partial charge in [-0.3, -0.25) is 0 Å². The monoisotopic (exact) mass is 191 g/mol. The molecule has 0 heterocycles. The molecule has 75 valence electrons. The standard InChI is InChI=1S/C13H16F/c1-5-10(4)12-8-6-7-11(9(2)3)13(12)14/h5-9H,1H2,2-4H3. The summed E-state index contributed by atoms with van der Waals surface area (Å²) in [5.41, 5.74) is 1.43. The Morgan fingerprint density at radius 3 is 2.57 bits per heavy atom. The predicted octanol–water partition coefficient (Wildman–Crippen LogP) is 4.08. The summed E-state index contributed by atoms with van der Waals surface area (Å²) in [4.78, 5) is 0. The van der Waals surface area contributed by atoms with E-state index in [4.69, 9.17) is 0 Å². The van der Waals surface area contributed by atoms with Crippen molar-refractivity contribution < 1.29 is 4.39 Å². The van der Waals surface area contributed by atoms with Crippen molar-refractivity contribution in [3.63, 3.8) is 0 Å². The van der Waals surface area contributed by atoms with Gasteiger partial charge in [0.05, 0.1) is 0 Å². The largest absolute Gasteiger partial charge is 0.206 e. The van der Waals surface area contributed by atoms with Gasteiger partial charge in [-0.1, -0.05) is 45.0 Å². The fraction of sp³-hybridized carbons (Fsp3) is 0.308. The Morgan fingerprint density at radius 2 is 2.07 bits per heavy atom. The first kappa shape index (κ1) is 11.0. The molecule has 1 rings (SSSR count). The van der Waals surface area contributed by atoms with Gasteiger partial charge in [0.25, 0.3) is 0 Å². The maximum absolute atomic E-state index is 13.9. The molecule has 1 aromatic rings. The van der Waals surface area contributed by atoms with Crippen molar-refractivity contribution in [2.45, 2.75) is 26.7 Å². The zero-order chi connectivity index (χ0) is 10.7. The smallest absolute Gasteiger partial charge is 0.130 e. The van der Waals surface area contributed by atoms with Crippen molar-refractivity contribution in [2.75, 3.05) is 0 Å². The molecule has 0 unspecified atom stereocenters. The summed E-state index contributed by atoms with van der Waals surface area (Å²) in [6.07, 6.45) is 1.68. The van der Waals surface area contributed by atoms with Gasteiger partial charge >= 0.3 is 0 Å². The molecule has 0 N–H and O–H groups in total. The van der Waals surface area contributed by atoms with E-state index < -0.39 is 0 Å². The first-order valence-electron chi connectivity index (χ1n) is 4.82. The molecule has 0 bridgehead atoms. The van der Waals surface area contributed by atoms with Crippen LogP contribution in [0.15, 0.2) is 30.9 Å². The lowest BCUT2D eigenvalue weighted by Crippen LogP contribution is -2.00. The molecule has 14 heavy (non-hydrogen) atoms. The number of halogens is 1. The number of benzene rings is 1.